The lowest BCUT2D eigenvalue weighted by atomic mass is 10.3. The summed E-state index contributed by atoms with van der Waals surface area (Å²) in [6.07, 6.45) is 2.17. The van der Waals surface area contributed by atoms with Crippen LogP contribution in [-0.4, -0.2) is 36.4 Å². The van der Waals surface area contributed by atoms with Crippen molar-refractivity contribution in [2.75, 3.05) is 17.2 Å². The summed E-state index contributed by atoms with van der Waals surface area (Å²) in [6, 6.07) is 7.18. The number of hydrogen-bond acceptors (Lipinski definition) is 8. The van der Waals surface area contributed by atoms with Crippen molar-refractivity contribution in [1.82, 2.24) is 29.9 Å². The van der Waals surface area contributed by atoms with E-state index in [1.807, 2.05) is 12.1 Å². The summed E-state index contributed by atoms with van der Waals surface area (Å²) in [6.45, 7) is 2.92. The lowest BCUT2D eigenvalue weighted by Gasteiger charge is -2.06. The number of hydrogen-bond donors (Lipinski definition) is 2. The number of nitrogens with one attached hydrogen (secondary N) is 2. The van der Waals surface area contributed by atoms with Crippen molar-refractivity contribution in [2.45, 2.75) is 19.8 Å². The molecule has 0 aliphatic heterocycles. The SMILES string of the molecule is CCCCNc1nc(Cl)nc(Cl)n1.Clc1nc(Cl)nc(Nc2ccccc2Cl)n1. The van der Waals surface area contributed by atoms with Gasteiger partial charge >= 0.3 is 0 Å². The van der Waals surface area contributed by atoms with Crippen molar-refractivity contribution in [2.24, 2.45) is 0 Å². The van der Waals surface area contributed by atoms with E-state index in [9.17, 15) is 0 Å². The van der Waals surface area contributed by atoms with E-state index >= 15 is 0 Å². The highest BCUT2D eigenvalue weighted by molar-refractivity contribution is 6.33. The van der Waals surface area contributed by atoms with E-state index in [-0.39, 0.29) is 27.1 Å². The van der Waals surface area contributed by atoms with E-state index in [1.165, 1.54) is 0 Å². The monoisotopic (exact) mass is 494 g/mol. The molecule has 0 aliphatic rings. The number of rotatable bonds is 6. The fourth-order valence-electron chi connectivity index (χ4n) is 1.85. The molecular weight excluding hydrogens is 481 g/mol. The molecule has 3 aromatic rings. The third-order valence-electron chi connectivity index (χ3n) is 3.10. The maximum atomic E-state index is 5.95. The summed E-state index contributed by atoms with van der Waals surface area (Å²) >= 11 is 28.4. The minimum Gasteiger partial charge on any atom is -0.354 e. The maximum Gasteiger partial charge on any atom is 0.232 e. The molecular formula is C16H15Cl5N8. The first-order chi connectivity index (χ1) is 13.9. The Balaban J connectivity index is 0.000000212. The van der Waals surface area contributed by atoms with Gasteiger partial charge in [0.2, 0.25) is 33.0 Å². The van der Waals surface area contributed by atoms with Crippen molar-refractivity contribution in [3.8, 4) is 0 Å². The van der Waals surface area contributed by atoms with Crippen LogP contribution < -0.4 is 10.6 Å². The number of unbranched alkanes of at least 4 members (excludes halogenated alkanes) is 1. The van der Waals surface area contributed by atoms with E-state index in [0.29, 0.717) is 16.7 Å². The molecule has 3 rings (SSSR count). The average Bonchev–Trinajstić information content (AvgIpc) is 2.63. The Hall–Kier alpha value is -1.71. The minimum atomic E-state index is 0.0227. The molecule has 0 fully saturated rings. The van der Waals surface area contributed by atoms with Gasteiger partial charge < -0.3 is 10.6 Å². The molecule has 0 radical (unpaired) electrons. The lowest BCUT2D eigenvalue weighted by molar-refractivity contribution is 0.824. The predicted octanol–water partition coefficient (Wildman–Crippen LogP) is 5.97. The Morgan fingerprint density at radius 2 is 1.24 bits per heavy atom. The van der Waals surface area contributed by atoms with Crippen molar-refractivity contribution in [3.63, 3.8) is 0 Å². The molecule has 2 heterocycles. The quantitative estimate of drug-likeness (QED) is 0.403. The van der Waals surface area contributed by atoms with Crippen LogP contribution in [0, 0.1) is 0 Å². The molecule has 0 unspecified atom stereocenters. The summed E-state index contributed by atoms with van der Waals surface area (Å²) < 4.78 is 0. The van der Waals surface area contributed by atoms with E-state index in [4.69, 9.17) is 58.0 Å². The molecule has 1 aromatic carbocycles. The highest BCUT2D eigenvalue weighted by atomic mass is 35.5. The topological polar surface area (TPSA) is 101 Å². The summed E-state index contributed by atoms with van der Waals surface area (Å²) in [7, 11) is 0. The third kappa shape index (κ3) is 8.67. The second-order valence-electron chi connectivity index (χ2n) is 5.28. The van der Waals surface area contributed by atoms with Gasteiger partial charge in [0.1, 0.15) is 0 Å². The minimum absolute atomic E-state index is 0.0227. The van der Waals surface area contributed by atoms with Gasteiger partial charge in [-0.15, -0.1) is 0 Å². The Bertz CT molecular complexity index is 902. The highest BCUT2D eigenvalue weighted by Crippen LogP contribution is 2.23. The van der Waals surface area contributed by atoms with Crippen molar-refractivity contribution in [1.29, 1.82) is 0 Å². The fourth-order valence-corrected chi connectivity index (χ4v) is 2.76. The average molecular weight is 497 g/mol. The first kappa shape index (κ1) is 23.6. The summed E-state index contributed by atoms with van der Waals surface area (Å²) in [4.78, 5) is 22.7. The molecule has 0 atom stereocenters. The number of halogens is 5. The summed E-state index contributed by atoms with van der Waals surface area (Å²) in [5, 5.41) is 6.70. The molecule has 0 bridgehead atoms. The number of aromatic nitrogens is 6. The largest absolute Gasteiger partial charge is 0.354 e. The van der Waals surface area contributed by atoms with Crippen molar-refractivity contribution >= 4 is 75.6 Å². The van der Waals surface area contributed by atoms with Crippen LogP contribution in [0.4, 0.5) is 17.6 Å². The zero-order valence-electron chi connectivity index (χ0n) is 15.0. The highest BCUT2D eigenvalue weighted by Gasteiger charge is 2.05. The molecule has 0 aliphatic carbocycles. The lowest BCUT2D eigenvalue weighted by Crippen LogP contribution is -2.06. The normalized spacial score (nSPS) is 10.1. The van der Waals surface area contributed by atoms with Crippen LogP contribution in [0.15, 0.2) is 24.3 Å². The number of anilines is 3. The zero-order valence-corrected chi connectivity index (χ0v) is 18.8. The molecule has 0 saturated heterocycles. The first-order valence-corrected chi connectivity index (χ1v) is 10.2. The van der Waals surface area contributed by atoms with Gasteiger partial charge in [-0.25, -0.2) is 0 Å². The second-order valence-corrected chi connectivity index (χ2v) is 7.04. The molecule has 2 aromatic heterocycles. The van der Waals surface area contributed by atoms with Crippen LogP contribution >= 0.6 is 58.0 Å². The molecule has 13 heteroatoms. The number of nitrogens with zero attached hydrogens (tertiary/aromatic N) is 6. The maximum absolute atomic E-state index is 5.95. The van der Waals surface area contributed by atoms with E-state index in [1.54, 1.807) is 12.1 Å². The van der Waals surface area contributed by atoms with E-state index in [2.05, 4.69) is 47.5 Å². The standard InChI is InChI=1S/C9H5Cl3N4.C7H10Cl2N4/c10-5-3-1-2-4-6(5)13-9-15-7(11)14-8(12)16-9;1-2-3-4-10-7-12-5(8)11-6(9)13-7/h1-4H,(H,13,14,15,16);2-4H2,1H3,(H,10,11,12,13). The van der Waals surface area contributed by atoms with Gasteiger partial charge in [-0.3, -0.25) is 0 Å². The van der Waals surface area contributed by atoms with Gasteiger partial charge in [0.05, 0.1) is 10.7 Å². The van der Waals surface area contributed by atoms with Gasteiger partial charge in [-0.1, -0.05) is 37.1 Å². The van der Waals surface area contributed by atoms with Crippen LogP contribution in [0.2, 0.25) is 26.2 Å². The fraction of sp³-hybridized carbons (Fsp3) is 0.250. The van der Waals surface area contributed by atoms with Crippen molar-refractivity contribution < 1.29 is 0 Å². The van der Waals surface area contributed by atoms with Crippen LogP contribution in [-0.2, 0) is 0 Å². The first-order valence-electron chi connectivity index (χ1n) is 8.27. The molecule has 8 nitrogen and oxygen atoms in total. The van der Waals surface area contributed by atoms with Gasteiger partial charge in [0, 0.05) is 6.54 Å². The van der Waals surface area contributed by atoms with Crippen LogP contribution in [0.3, 0.4) is 0 Å². The van der Waals surface area contributed by atoms with E-state index < -0.39 is 0 Å². The summed E-state index contributed by atoms with van der Waals surface area (Å²) in [5.41, 5.74) is 0.669. The Morgan fingerprint density at radius 1 is 0.724 bits per heavy atom. The Labute approximate surface area is 192 Å². The smallest absolute Gasteiger partial charge is 0.232 e. The molecule has 29 heavy (non-hydrogen) atoms. The van der Waals surface area contributed by atoms with Gasteiger partial charge in [-0.05, 0) is 65.0 Å². The van der Waals surface area contributed by atoms with Gasteiger partial charge in [-0.2, -0.15) is 29.9 Å². The van der Waals surface area contributed by atoms with E-state index in [0.717, 1.165) is 19.4 Å². The molecule has 2 N–H and O–H groups in total. The van der Waals surface area contributed by atoms with Gasteiger partial charge in [0.15, 0.2) is 0 Å². The third-order valence-corrected chi connectivity index (χ3v) is 4.10. The molecule has 0 saturated carbocycles. The van der Waals surface area contributed by atoms with Crippen LogP contribution in [0.5, 0.6) is 0 Å². The summed E-state index contributed by atoms with van der Waals surface area (Å²) in [5.74, 6) is 0.677. The Kier molecular flexibility index (Phi) is 9.83. The molecule has 0 spiro atoms. The van der Waals surface area contributed by atoms with Crippen LogP contribution in [0.25, 0.3) is 0 Å². The van der Waals surface area contributed by atoms with Gasteiger partial charge in [0.25, 0.3) is 0 Å². The van der Waals surface area contributed by atoms with Crippen LogP contribution in [0.1, 0.15) is 19.8 Å². The zero-order chi connectivity index (χ0) is 21.2. The Morgan fingerprint density at radius 3 is 1.76 bits per heavy atom. The predicted molar refractivity (Wildman–Crippen MR) is 118 cm³/mol. The van der Waals surface area contributed by atoms with Crippen molar-refractivity contribution in [3.05, 3.63) is 50.4 Å². The number of benzene rings is 1. The number of para-hydroxylation sites is 1. The second kappa shape index (κ2) is 12.1. The molecule has 0 amide bonds. The molecule has 154 valence electrons.